The van der Waals surface area contributed by atoms with Crippen LogP contribution in [0.2, 0.25) is 0 Å². The first-order valence-corrected chi connectivity index (χ1v) is 7.31. The first-order chi connectivity index (χ1) is 9.31. The van der Waals surface area contributed by atoms with Crippen molar-refractivity contribution in [2.75, 3.05) is 35.6 Å². The van der Waals surface area contributed by atoms with E-state index in [9.17, 15) is 0 Å². The normalized spacial score (nSPS) is 20.1. The molecule has 6 nitrogen and oxygen atoms in total. The molecular weight excluding hydrogens is 240 g/mol. The fourth-order valence-corrected chi connectivity index (χ4v) is 2.63. The summed E-state index contributed by atoms with van der Waals surface area (Å²) in [5, 5.41) is 3.30. The van der Waals surface area contributed by atoms with E-state index in [1.807, 2.05) is 0 Å². The Morgan fingerprint density at radius 2 is 1.84 bits per heavy atom. The highest BCUT2D eigenvalue weighted by Gasteiger charge is 2.19. The molecule has 1 saturated carbocycles. The Bertz CT molecular complexity index is 425. The van der Waals surface area contributed by atoms with Crippen LogP contribution in [-0.4, -0.2) is 34.6 Å². The minimum Gasteiger partial charge on any atom is -0.368 e. The maximum atomic E-state index is 5.79. The van der Waals surface area contributed by atoms with Crippen LogP contribution >= 0.6 is 0 Å². The minimum absolute atomic E-state index is 0.312. The van der Waals surface area contributed by atoms with Crippen LogP contribution < -0.4 is 16.0 Å². The molecule has 1 aliphatic heterocycles. The molecule has 2 aliphatic rings. The van der Waals surface area contributed by atoms with Gasteiger partial charge in [0, 0.05) is 19.6 Å². The lowest BCUT2D eigenvalue weighted by Crippen LogP contribution is -2.31. The van der Waals surface area contributed by atoms with E-state index in [0.29, 0.717) is 11.9 Å². The summed E-state index contributed by atoms with van der Waals surface area (Å²) in [6.45, 7) is 2.99. The molecule has 3 N–H and O–H groups in total. The monoisotopic (exact) mass is 262 g/mol. The summed E-state index contributed by atoms with van der Waals surface area (Å²) in [6.07, 6.45) is 7.68. The first kappa shape index (κ1) is 12.4. The van der Waals surface area contributed by atoms with Gasteiger partial charge in [-0.25, -0.2) is 0 Å². The highest BCUT2D eigenvalue weighted by Crippen LogP contribution is 2.26. The predicted octanol–water partition coefficient (Wildman–Crippen LogP) is 1.66. The Balaban J connectivity index is 1.67. The van der Waals surface area contributed by atoms with Gasteiger partial charge in [-0.05, 0) is 38.0 Å². The van der Waals surface area contributed by atoms with Gasteiger partial charge in [0.2, 0.25) is 17.8 Å². The van der Waals surface area contributed by atoms with Crippen molar-refractivity contribution in [3.63, 3.8) is 0 Å². The lowest BCUT2D eigenvalue weighted by molar-refractivity contribution is 0.333. The second kappa shape index (κ2) is 5.59. The molecule has 0 amide bonds. The molecule has 0 aromatic carbocycles. The zero-order valence-electron chi connectivity index (χ0n) is 11.3. The second-order valence-electron chi connectivity index (χ2n) is 5.54. The SMILES string of the molecule is Nc1nc(NCC2CCC2)nc(N2CCCCC2)n1. The van der Waals surface area contributed by atoms with E-state index in [1.165, 1.54) is 38.5 Å². The zero-order chi connectivity index (χ0) is 13.1. The molecule has 104 valence electrons. The van der Waals surface area contributed by atoms with Crippen molar-refractivity contribution in [3.05, 3.63) is 0 Å². The summed E-state index contributed by atoms with van der Waals surface area (Å²) >= 11 is 0. The molecule has 0 bridgehead atoms. The number of aromatic nitrogens is 3. The number of rotatable bonds is 4. The second-order valence-corrected chi connectivity index (χ2v) is 5.54. The highest BCUT2D eigenvalue weighted by molar-refractivity contribution is 5.42. The Morgan fingerprint density at radius 3 is 2.53 bits per heavy atom. The Labute approximate surface area is 113 Å². The van der Waals surface area contributed by atoms with Crippen molar-refractivity contribution in [2.45, 2.75) is 38.5 Å². The minimum atomic E-state index is 0.312. The summed E-state index contributed by atoms with van der Waals surface area (Å²) in [7, 11) is 0. The van der Waals surface area contributed by atoms with Crippen molar-refractivity contribution in [3.8, 4) is 0 Å². The zero-order valence-corrected chi connectivity index (χ0v) is 11.3. The van der Waals surface area contributed by atoms with Crippen LogP contribution in [0.15, 0.2) is 0 Å². The average Bonchev–Trinajstić information content (AvgIpc) is 2.37. The molecular formula is C13H22N6. The van der Waals surface area contributed by atoms with Crippen LogP contribution in [0.5, 0.6) is 0 Å². The lowest BCUT2D eigenvalue weighted by atomic mass is 9.85. The van der Waals surface area contributed by atoms with Crippen LogP contribution in [0, 0.1) is 5.92 Å². The van der Waals surface area contributed by atoms with Crippen molar-refractivity contribution in [2.24, 2.45) is 5.92 Å². The van der Waals surface area contributed by atoms with E-state index in [1.54, 1.807) is 0 Å². The lowest BCUT2D eigenvalue weighted by Gasteiger charge is -2.27. The molecule has 2 fully saturated rings. The smallest absolute Gasteiger partial charge is 0.231 e. The first-order valence-electron chi connectivity index (χ1n) is 7.31. The van der Waals surface area contributed by atoms with E-state index in [0.717, 1.165) is 31.5 Å². The molecule has 0 unspecified atom stereocenters. The van der Waals surface area contributed by atoms with Gasteiger partial charge < -0.3 is 16.0 Å². The standard InChI is InChI=1S/C13H22N6/c14-11-16-12(15-9-10-5-4-6-10)18-13(17-11)19-7-2-1-3-8-19/h10H,1-9H2,(H3,14,15,16,17,18). The summed E-state index contributed by atoms with van der Waals surface area (Å²) in [4.78, 5) is 15.1. The van der Waals surface area contributed by atoms with E-state index >= 15 is 0 Å². The van der Waals surface area contributed by atoms with Crippen LogP contribution in [0.1, 0.15) is 38.5 Å². The third-order valence-electron chi connectivity index (χ3n) is 4.05. The Kier molecular flexibility index (Phi) is 3.66. The fourth-order valence-electron chi connectivity index (χ4n) is 2.63. The predicted molar refractivity (Wildman–Crippen MR) is 76.1 cm³/mol. The number of nitrogens with one attached hydrogen (secondary N) is 1. The van der Waals surface area contributed by atoms with E-state index in [2.05, 4.69) is 25.2 Å². The maximum absolute atomic E-state index is 5.79. The quantitative estimate of drug-likeness (QED) is 0.859. The van der Waals surface area contributed by atoms with E-state index in [4.69, 9.17) is 5.73 Å². The molecule has 19 heavy (non-hydrogen) atoms. The van der Waals surface area contributed by atoms with Gasteiger partial charge in [0.05, 0.1) is 0 Å². The number of nitrogens with two attached hydrogens (primary N) is 1. The van der Waals surface area contributed by atoms with Gasteiger partial charge in [-0.2, -0.15) is 15.0 Å². The van der Waals surface area contributed by atoms with Gasteiger partial charge >= 0.3 is 0 Å². The molecule has 1 aliphatic carbocycles. The van der Waals surface area contributed by atoms with Gasteiger partial charge in [-0.15, -0.1) is 0 Å². The van der Waals surface area contributed by atoms with Gasteiger partial charge in [-0.1, -0.05) is 6.42 Å². The number of piperidine rings is 1. The van der Waals surface area contributed by atoms with Crippen LogP contribution in [-0.2, 0) is 0 Å². The molecule has 1 aromatic heterocycles. The van der Waals surface area contributed by atoms with Crippen LogP contribution in [0.25, 0.3) is 0 Å². The number of hydrogen-bond donors (Lipinski definition) is 2. The molecule has 1 saturated heterocycles. The Hall–Kier alpha value is -1.59. The molecule has 6 heteroatoms. The number of nitrogen functional groups attached to an aromatic ring is 1. The summed E-state index contributed by atoms with van der Waals surface area (Å²) < 4.78 is 0. The number of nitrogens with zero attached hydrogens (tertiary/aromatic N) is 4. The Morgan fingerprint density at radius 1 is 1.05 bits per heavy atom. The third kappa shape index (κ3) is 3.05. The summed E-state index contributed by atoms with van der Waals surface area (Å²) in [6, 6.07) is 0. The van der Waals surface area contributed by atoms with E-state index < -0.39 is 0 Å². The average molecular weight is 262 g/mol. The molecule has 2 heterocycles. The molecule has 0 atom stereocenters. The van der Waals surface area contributed by atoms with Crippen LogP contribution in [0.4, 0.5) is 17.8 Å². The fraction of sp³-hybridized carbons (Fsp3) is 0.769. The topological polar surface area (TPSA) is 80.0 Å². The molecule has 0 radical (unpaired) electrons. The van der Waals surface area contributed by atoms with Gasteiger partial charge in [0.25, 0.3) is 0 Å². The van der Waals surface area contributed by atoms with Crippen molar-refractivity contribution in [1.82, 2.24) is 15.0 Å². The third-order valence-corrected chi connectivity index (χ3v) is 4.05. The number of anilines is 3. The number of hydrogen-bond acceptors (Lipinski definition) is 6. The van der Waals surface area contributed by atoms with Crippen LogP contribution in [0.3, 0.4) is 0 Å². The molecule has 3 rings (SSSR count). The van der Waals surface area contributed by atoms with E-state index in [-0.39, 0.29) is 0 Å². The van der Waals surface area contributed by atoms with Gasteiger partial charge in [-0.3, -0.25) is 0 Å². The van der Waals surface area contributed by atoms with Gasteiger partial charge in [0.1, 0.15) is 0 Å². The summed E-state index contributed by atoms with van der Waals surface area (Å²) in [5.41, 5.74) is 5.79. The highest BCUT2D eigenvalue weighted by atomic mass is 15.3. The molecule has 0 spiro atoms. The van der Waals surface area contributed by atoms with Crippen molar-refractivity contribution >= 4 is 17.8 Å². The van der Waals surface area contributed by atoms with Crippen molar-refractivity contribution < 1.29 is 0 Å². The van der Waals surface area contributed by atoms with Gasteiger partial charge in [0.15, 0.2) is 0 Å². The molecule has 1 aromatic rings. The van der Waals surface area contributed by atoms with Crippen molar-refractivity contribution in [1.29, 1.82) is 0 Å². The largest absolute Gasteiger partial charge is 0.368 e. The summed E-state index contributed by atoms with van der Waals surface area (Å²) in [5.74, 6) is 2.44. The maximum Gasteiger partial charge on any atom is 0.231 e.